The van der Waals surface area contributed by atoms with Crippen LogP contribution in [0.1, 0.15) is 37.5 Å². The molecule has 226 valence electrons. The SMILES string of the molecule is CC(C)[C@@H](NC(=O)OCc1ccccc1)C(=O)N[C@@H](Cc1ccccc1)C(=O)NC(Cc1ccccc1)C(=O)C1(C)CO1. The lowest BCUT2D eigenvalue weighted by molar-refractivity contribution is -0.133. The monoisotopic (exact) mass is 585 g/mol. The van der Waals surface area contributed by atoms with Crippen LogP contribution in [0.15, 0.2) is 91.0 Å². The van der Waals surface area contributed by atoms with E-state index < -0.39 is 41.6 Å². The average Bonchev–Trinajstić information content (AvgIpc) is 3.77. The van der Waals surface area contributed by atoms with E-state index in [1.54, 1.807) is 20.8 Å². The maximum Gasteiger partial charge on any atom is 0.408 e. The summed E-state index contributed by atoms with van der Waals surface area (Å²) in [7, 11) is 0. The molecule has 1 heterocycles. The van der Waals surface area contributed by atoms with E-state index in [0.29, 0.717) is 6.61 Å². The van der Waals surface area contributed by atoms with E-state index >= 15 is 0 Å². The number of benzene rings is 3. The van der Waals surface area contributed by atoms with Gasteiger partial charge in [-0.05, 0) is 36.0 Å². The molecule has 3 aromatic rings. The number of hydrogen-bond acceptors (Lipinski definition) is 6. The van der Waals surface area contributed by atoms with Crippen molar-refractivity contribution in [3.63, 3.8) is 0 Å². The van der Waals surface area contributed by atoms with E-state index in [4.69, 9.17) is 9.47 Å². The molecule has 0 aliphatic carbocycles. The van der Waals surface area contributed by atoms with E-state index in [0.717, 1.165) is 16.7 Å². The summed E-state index contributed by atoms with van der Waals surface area (Å²) in [5.74, 6) is -1.57. The summed E-state index contributed by atoms with van der Waals surface area (Å²) < 4.78 is 10.7. The van der Waals surface area contributed by atoms with Gasteiger partial charge >= 0.3 is 6.09 Å². The largest absolute Gasteiger partial charge is 0.445 e. The Morgan fingerprint density at radius 1 is 0.721 bits per heavy atom. The van der Waals surface area contributed by atoms with Crippen molar-refractivity contribution in [3.8, 4) is 0 Å². The van der Waals surface area contributed by atoms with Crippen molar-refractivity contribution in [2.24, 2.45) is 5.92 Å². The number of rotatable bonds is 14. The molecular weight excluding hydrogens is 546 g/mol. The number of amides is 3. The molecule has 4 atom stereocenters. The van der Waals surface area contributed by atoms with Gasteiger partial charge in [0.1, 0.15) is 24.3 Å². The second-order valence-corrected chi connectivity index (χ2v) is 11.3. The van der Waals surface area contributed by atoms with Gasteiger partial charge in [0, 0.05) is 6.42 Å². The molecule has 3 N–H and O–H groups in total. The van der Waals surface area contributed by atoms with E-state index in [2.05, 4.69) is 16.0 Å². The zero-order valence-electron chi connectivity index (χ0n) is 24.7. The third kappa shape index (κ3) is 9.24. The first-order valence-electron chi connectivity index (χ1n) is 14.5. The molecule has 1 saturated heterocycles. The fourth-order valence-electron chi connectivity index (χ4n) is 4.70. The highest BCUT2D eigenvalue weighted by Crippen LogP contribution is 2.29. The average molecular weight is 586 g/mol. The highest BCUT2D eigenvalue weighted by Gasteiger charge is 2.50. The number of ether oxygens (including phenoxy) is 2. The summed E-state index contributed by atoms with van der Waals surface area (Å²) in [6.07, 6.45) is -0.283. The third-order valence-corrected chi connectivity index (χ3v) is 7.37. The Balaban J connectivity index is 1.48. The maximum atomic E-state index is 13.8. The lowest BCUT2D eigenvalue weighted by Gasteiger charge is -2.27. The Morgan fingerprint density at radius 2 is 1.19 bits per heavy atom. The zero-order valence-corrected chi connectivity index (χ0v) is 24.7. The Kier molecular flexibility index (Phi) is 10.7. The van der Waals surface area contributed by atoms with Crippen LogP contribution in [0.2, 0.25) is 0 Å². The molecule has 0 spiro atoms. The lowest BCUT2D eigenvalue weighted by atomic mass is 9.94. The zero-order chi connectivity index (χ0) is 30.8. The van der Waals surface area contributed by atoms with Crippen LogP contribution in [-0.2, 0) is 43.3 Å². The Bertz CT molecular complexity index is 1380. The standard InChI is InChI=1S/C34H39N3O6/c1-23(2)29(37-33(41)42-21-26-17-11-6-12-18-26)32(40)36-28(20-25-15-9-5-10-16-25)31(39)35-27(30(38)34(3)22-43-34)19-24-13-7-4-8-14-24/h4-18,23,27-29H,19-22H2,1-3H3,(H,35,39)(H,36,40)(H,37,41)/t27?,28-,29+,34?/m0/s1. The van der Waals surface area contributed by atoms with Gasteiger partial charge in [-0.2, -0.15) is 0 Å². The van der Waals surface area contributed by atoms with Crippen LogP contribution in [0.25, 0.3) is 0 Å². The van der Waals surface area contributed by atoms with Crippen molar-refractivity contribution in [1.82, 2.24) is 16.0 Å². The van der Waals surface area contributed by atoms with Crippen molar-refractivity contribution >= 4 is 23.7 Å². The Labute approximate surface area is 252 Å². The Morgan fingerprint density at radius 3 is 1.67 bits per heavy atom. The summed E-state index contributed by atoms with van der Waals surface area (Å²) >= 11 is 0. The third-order valence-electron chi connectivity index (χ3n) is 7.37. The molecule has 0 radical (unpaired) electrons. The number of epoxide rings is 1. The number of carbonyl (C=O) groups is 4. The lowest BCUT2D eigenvalue weighted by Crippen LogP contribution is -2.58. The minimum absolute atomic E-state index is 0.0532. The number of carbonyl (C=O) groups excluding carboxylic acids is 4. The van der Waals surface area contributed by atoms with Gasteiger partial charge in [-0.3, -0.25) is 14.4 Å². The molecule has 2 unspecified atom stereocenters. The van der Waals surface area contributed by atoms with Gasteiger partial charge in [-0.25, -0.2) is 4.79 Å². The molecule has 9 nitrogen and oxygen atoms in total. The van der Waals surface area contributed by atoms with Crippen LogP contribution < -0.4 is 16.0 Å². The van der Waals surface area contributed by atoms with Crippen LogP contribution in [0.3, 0.4) is 0 Å². The predicted molar refractivity (Wildman–Crippen MR) is 162 cm³/mol. The first-order valence-corrected chi connectivity index (χ1v) is 14.5. The minimum atomic E-state index is -1.02. The van der Waals surface area contributed by atoms with Crippen LogP contribution in [0, 0.1) is 5.92 Å². The van der Waals surface area contributed by atoms with Gasteiger partial charge < -0.3 is 25.4 Å². The summed E-state index contributed by atoms with van der Waals surface area (Å²) in [6, 6.07) is 25.1. The normalized spacial score (nSPS) is 17.7. The molecular formula is C34H39N3O6. The molecule has 3 amide bonds. The summed E-state index contributed by atoms with van der Waals surface area (Å²) in [4.78, 5) is 53.3. The summed E-state index contributed by atoms with van der Waals surface area (Å²) in [6.45, 7) is 5.63. The molecule has 43 heavy (non-hydrogen) atoms. The number of Topliss-reactive ketones (excluding diaryl/α,β-unsaturated/α-hetero) is 1. The topological polar surface area (TPSA) is 126 Å². The number of hydrogen-bond donors (Lipinski definition) is 3. The van der Waals surface area contributed by atoms with Crippen molar-refractivity contribution in [2.45, 2.75) is 63.9 Å². The molecule has 0 aromatic heterocycles. The van der Waals surface area contributed by atoms with Gasteiger partial charge in [-0.15, -0.1) is 0 Å². The van der Waals surface area contributed by atoms with Crippen molar-refractivity contribution < 1.29 is 28.7 Å². The van der Waals surface area contributed by atoms with E-state index in [1.165, 1.54) is 0 Å². The van der Waals surface area contributed by atoms with Gasteiger partial charge in [0.25, 0.3) is 0 Å². The predicted octanol–water partition coefficient (Wildman–Crippen LogP) is 3.75. The second-order valence-electron chi connectivity index (χ2n) is 11.3. The second kappa shape index (κ2) is 14.6. The van der Waals surface area contributed by atoms with Crippen molar-refractivity contribution in [1.29, 1.82) is 0 Å². The number of nitrogens with one attached hydrogen (secondary N) is 3. The van der Waals surface area contributed by atoms with Crippen LogP contribution in [0.4, 0.5) is 4.79 Å². The summed E-state index contributed by atoms with van der Waals surface area (Å²) in [5, 5.41) is 8.35. The fraction of sp³-hybridized carbons (Fsp3) is 0.353. The van der Waals surface area contributed by atoms with Crippen molar-refractivity contribution in [3.05, 3.63) is 108 Å². The fourth-order valence-corrected chi connectivity index (χ4v) is 4.70. The van der Waals surface area contributed by atoms with Crippen molar-refractivity contribution in [2.75, 3.05) is 6.61 Å². The smallest absolute Gasteiger partial charge is 0.408 e. The quantitative estimate of drug-likeness (QED) is 0.248. The minimum Gasteiger partial charge on any atom is -0.445 e. The maximum absolute atomic E-state index is 13.8. The van der Waals surface area contributed by atoms with Crippen LogP contribution in [-0.4, -0.2) is 54.0 Å². The highest BCUT2D eigenvalue weighted by molar-refractivity contribution is 5.98. The molecule has 4 rings (SSSR count). The molecule has 3 aromatic carbocycles. The van der Waals surface area contributed by atoms with Gasteiger partial charge in [0.15, 0.2) is 5.78 Å². The molecule has 1 aliphatic rings. The van der Waals surface area contributed by atoms with Gasteiger partial charge in [0.05, 0.1) is 12.6 Å². The molecule has 9 heteroatoms. The molecule has 0 bridgehead atoms. The van der Waals surface area contributed by atoms with Gasteiger partial charge in [-0.1, -0.05) is 105 Å². The Hall–Kier alpha value is -4.50. The van der Waals surface area contributed by atoms with Crippen LogP contribution in [0.5, 0.6) is 0 Å². The van der Waals surface area contributed by atoms with E-state index in [1.807, 2.05) is 91.0 Å². The molecule has 0 saturated carbocycles. The van der Waals surface area contributed by atoms with Crippen LogP contribution >= 0.6 is 0 Å². The van der Waals surface area contributed by atoms with E-state index in [9.17, 15) is 19.2 Å². The first kappa shape index (κ1) is 31.4. The molecule has 1 fully saturated rings. The number of alkyl carbamates (subject to hydrolysis) is 1. The first-order chi connectivity index (χ1) is 20.6. The van der Waals surface area contributed by atoms with Gasteiger partial charge in [0.2, 0.25) is 11.8 Å². The number of ketones is 1. The van der Waals surface area contributed by atoms with E-state index in [-0.39, 0.29) is 31.1 Å². The highest BCUT2D eigenvalue weighted by atomic mass is 16.6. The summed E-state index contributed by atoms with van der Waals surface area (Å²) in [5.41, 5.74) is 1.57. The molecule has 1 aliphatic heterocycles.